The number of benzene rings is 2. The average molecular weight is 437 g/mol. The Balaban J connectivity index is 1.33. The highest BCUT2D eigenvalue weighted by molar-refractivity contribution is 5.94. The molecule has 3 aromatic heterocycles. The molecule has 6 nitrogen and oxygen atoms in total. The summed E-state index contributed by atoms with van der Waals surface area (Å²) < 4.78 is 3.53. The molecule has 0 bridgehead atoms. The van der Waals surface area contributed by atoms with E-state index >= 15 is 0 Å². The number of nitrogens with zero attached hydrogens (tertiary/aromatic N) is 3. The Hall–Kier alpha value is -4.19. The molecule has 0 fully saturated rings. The zero-order valence-electron chi connectivity index (χ0n) is 18.1. The Morgan fingerprint density at radius 1 is 0.879 bits per heavy atom. The Morgan fingerprint density at radius 3 is 2.58 bits per heavy atom. The molecule has 1 N–H and O–H groups in total. The largest absolute Gasteiger partial charge is 0.352 e. The van der Waals surface area contributed by atoms with Gasteiger partial charge in [0.25, 0.3) is 11.5 Å². The fraction of sp³-hybridized carbons (Fsp3) is 0.148. The third-order valence-corrected chi connectivity index (χ3v) is 5.79. The second-order valence-corrected chi connectivity index (χ2v) is 8.05. The monoisotopic (exact) mass is 436 g/mol. The highest BCUT2D eigenvalue weighted by Gasteiger charge is 2.13. The van der Waals surface area contributed by atoms with E-state index in [9.17, 15) is 9.59 Å². The number of hydrogen-bond donors (Lipinski definition) is 1. The van der Waals surface area contributed by atoms with E-state index in [1.807, 2.05) is 71.3 Å². The van der Waals surface area contributed by atoms with E-state index in [1.54, 1.807) is 16.8 Å². The first-order valence-corrected chi connectivity index (χ1v) is 11.1. The van der Waals surface area contributed by atoms with Crippen LogP contribution in [0.4, 0.5) is 0 Å². The number of carbonyl (C=O) groups is 1. The molecule has 1 amide bonds. The molecule has 0 spiro atoms. The van der Waals surface area contributed by atoms with E-state index in [-0.39, 0.29) is 11.5 Å². The quantitative estimate of drug-likeness (QED) is 0.391. The number of aromatic nitrogens is 3. The minimum Gasteiger partial charge on any atom is -0.352 e. The Kier molecular flexibility index (Phi) is 5.72. The summed E-state index contributed by atoms with van der Waals surface area (Å²) >= 11 is 0. The van der Waals surface area contributed by atoms with Gasteiger partial charge >= 0.3 is 0 Å². The molecule has 2 aromatic carbocycles. The number of amides is 1. The molecular weight excluding hydrogens is 412 g/mol. The summed E-state index contributed by atoms with van der Waals surface area (Å²) in [4.78, 5) is 30.3. The van der Waals surface area contributed by atoms with Gasteiger partial charge in [0.05, 0.1) is 12.1 Å². The lowest BCUT2D eigenvalue weighted by Crippen LogP contribution is -2.26. The number of carbonyl (C=O) groups excluding carboxylic acids is 1. The van der Waals surface area contributed by atoms with E-state index in [0.29, 0.717) is 29.8 Å². The molecule has 6 heteroatoms. The van der Waals surface area contributed by atoms with Gasteiger partial charge in [-0.1, -0.05) is 42.5 Å². The summed E-state index contributed by atoms with van der Waals surface area (Å²) in [7, 11) is 0. The van der Waals surface area contributed by atoms with E-state index in [0.717, 1.165) is 23.9 Å². The van der Waals surface area contributed by atoms with Crippen molar-refractivity contribution in [1.82, 2.24) is 19.3 Å². The summed E-state index contributed by atoms with van der Waals surface area (Å²) in [5.41, 5.74) is 4.69. The number of rotatable bonds is 7. The minimum absolute atomic E-state index is 0.109. The van der Waals surface area contributed by atoms with Gasteiger partial charge in [0.15, 0.2) is 5.65 Å². The number of nitrogens with one attached hydrogen (secondary N) is 1. The highest BCUT2D eigenvalue weighted by atomic mass is 16.1. The van der Waals surface area contributed by atoms with Crippen LogP contribution in [0, 0.1) is 0 Å². The molecule has 3 heterocycles. The van der Waals surface area contributed by atoms with Crippen LogP contribution < -0.4 is 10.9 Å². The van der Waals surface area contributed by atoms with E-state index in [1.165, 1.54) is 5.56 Å². The number of aryl methyl sites for hydroxylation is 1. The zero-order chi connectivity index (χ0) is 22.6. The van der Waals surface area contributed by atoms with Crippen molar-refractivity contribution in [3.63, 3.8) is 0 Å². The molecule has 5 aromatic rings. The van der Waals surface area contributed by atoms with Gasteiger partial charge < -0.3 is 9.72 Å². The number of pyridine rings is 1. The van der Waals surface area contributed by atoms with E-state index in [2.05, 4.69) is 22.4 Å². The summed E-state index contributed by atoms with van der Waals surface area (Å²) in [5, 5.41) is 3.00. The third-order valence-electron chi connectivity index (χ3n) is 5.79. The first-order chi connectivity index (χ1) is 16.2. The van der Waals surface area contributed by atoms with Crippen LogP contribution in [0.2, 0.25) is 0 Å². The molecule has 0 aliphatic rings. The molecule has 164 valence electrons. The molecule has 0 radical (unpaired) electrons. The summed E-state index contributed by atoms with van der Waals surface area (Å²) in [5.74, 6) is -0.109. The zero-order valence-corrected chi connectivity index (χ0v) is 18.1. The van der Waals surface area contributed by atoms with Crippen LogP contribution in [0.3, 0.4) is 0 Å². The van der Waals surface area contributed by atoms with Gasteiger partial charge in [-0.2, -0.15) is 0 Å². The molecule has 0 aliphatic heterocycles. The van der Waals surface area contributed by atoms with Crippen LogP contribution in [0.5, 0.6) is 0 Å². The SMILES string of the molecule is O=C(NCCCc1ccccc1)c1cccc(Cn2c(=O)c3cccn3c3cccnc32)c1. The number of hydrogen-bond acceptors (Lipinski definition) is 3. The van der Waals surface area contributed by atoms with Crippen LogP contribution in [-0.4, -0.2) is 26.4 Å². The topological polar surface area (TPSA) is 68.4 Å². The van der Waals surface area contributed by atoms with Crippen molar-refractivity contribution < 1.29 is 4.79 Å². The van der Waals surface area contributed by atoms with E-state index < -0.39 is 0 Å². The van der Waals surface area contributed by atoms with Gasteiger partial charge in [0.1, 0.15) is 5.52 Å². The maximum absolute atomic E-state index is 13.1. The Morgan fingerprint density at radius 2 is 1.70 bits per heavy atom. The van der Waals surface area contributed by atoms with Gasteiger partial charge in [0.2, 0.25) is 0 Å². The summed E-state index contributed by atoms with van der Waals surface area (Å²) in [6, 6.07) is 25.1. The number of fused-ring (bicyclic) bond motifs is 3. The van der Waals surface area contributed by atoms with Gasteiger partial charge in [-0.05, 0) is 60.4 Å². The standard InChI is InChI=1S/C27H24N4O2/c32-26(29-16-5-11-20-8-2-1-3-9-20)22-12-4-10-21(18-22)19-31-25-23(13-6-15-28-25)30-17-7-14-24(30)27(31)33/h1-4,6-10,12-15,17-18H,5,11,16,19H2,(H,29,32). The van der Waals surface area contributed by atoms with Crippen LogP contribution >= 0.6 is 0 Å². The fourth-order valence-electron chi connectivity index (χ4n) is 4.17. The Bertz CT molecular complexity index is 1480. The van der Waals surface area contributed by atoms with Crippen molar-refractivity contribution in [2.45, 2.75) is 19.4 Å². The predicted molar refractivity (Wildman–Crippen MR) is 130 cm³/mol. The second-order valence-electron chi connectivity index (χ2n) is 8.05. The van der Waals surface area contributed by atoms with Crippen LogP contribution in [0.1, 0.15) is 27.9 Å². The van der Waals surface area contributed by atoms with Crippen molar-refractivity contribution in [3.8, 4) is 0 Å². The first-order valence-electron chi connectivity index (χ1n) is 11.1. The van der Waals surface area contributed by atoms with Crippen LogP contribution in [0.25, 0.3) is 16.7 Å². The van der Waals surface area contributed by atoms with Crippen LogP contribution in [0.15, 0.2) is 96.1 Å². The summed E-state index contributed by atoms with van der Waals surface area (Å²) in [6.45, 7) is 0.944. The minimum atomic E-state index is -0.109. The molecule has 0 saturated carbocycles. The Labute approximate surface area is 191 Å². The molecule has 0 atom stereocenters. The van der Waals surface area contributed by atoms with Crippen molar-refractivity contribution in [1.29, 1.82) is 0 Å². The summed E-state index contributed by atoms with van der Waals surface area (Å²) in [6.07, 6.45) is 5.35. The molecule has 0 unspecified atom stereocenters. The lowest BCUT2D eigenvalue weighted by atomic mass is 10.1. The van der Waals surface area contributed by atoms with Crippen molar-refractivity contribution in [2.24, 2.45) is 0 Å². The third kappa shape index (κ3) is 4.28. The van der Waals surface area contributed by atoms with Gasteiger partial charge in [-0.15, -0.1) is 0 Å². The van der Waals surface area contributed by atoms with Crippen LogP contribution in [-0.2, 0) is 13.0 Å². The maximum Gasteiger partial charge on any atom is 0.276 e. The molecule has 5 rings (SSSR count). The van der Waals surface area contributed by atoms with Crippen molar-refractivity contribution in [3.05, 3.63) is 118 Å². The first kappa shape index (κ1) is 20.7. The normalized spacial score (nSPS) is 11.2. The van der Waals surface area contributed by atoms with Crippen molar-refractivity contribution >= 4 is 22.6 Å². The lowest BCUT2D eigenvalue weighted by Gasteiger charge is -2.12. The average Bonchev–Trinajstić information content (AvgIpc) is 3.36. The van der Waals surface area contributed by atoms with E-state index in [4.69, 9.17) is 0 Å². The van der Waals surface area contributed by atoms with Crippen molar-refractivity contribution in [2.75, 3.05) is 6.54 Å². The second kappa shape index (κ2) is 9.12. The van der Waals surface area contributed by atoms with Gasteiger partial charge in [0, 0.05) is 24.5 Å². The predicted octanol–water partition coefficient (Wildman–Crippen LogP) is 4.06. The lowest BCUT2D eigenvalue weighted by molar-refractivity contribution is 0.0953. The molecular formula is C27H24N4O2. The van der Waals surface area contributed by atoms with Gasteiger partial charge in [-0.3, -0.25) is 14.2 Å². The smallest absolute Gasteiger partial charge is 0.276 e. The van der Waals surface area contributed by atoms with Gasteiger partial charge in [-0.25, -0.2) is 4.98 Å². The maximum atomic E-state index is 13.1. The molecule has 0 saturated heterocycles. The molecule has 33 heavy (non-hydrogen) atoms. The molecule has 0 aliphatic carbocycles. The fourth-order valence-corrected chi connectivity index (χ4v) is 4.17. The highest BCUT2D eigenvalue weighted by Crippen LogP contribution is 2.15.